The molecule has 1 fully saturated rings. The minimum absolute atomic E-state index is 0.502. The van der Waals surface area contributed by atoms with Crippen LogP contribution in [0.15, 0.2) is 17.4 Å². The molecule has 0 aliphatic carbocycles. The Kier molecular flexibility index (Phi) is 5.07. The molecular formula is C12H20N4OS. The van der Waals surface area contributed by atoms with Gasteiger partial charge in [-0.2, -0.15) is 0 Å². The van der Waals surface area contributed by atoms with Gasteiger partial charge in [-0.15, -0.1) is 0 Å². The van der Waals surface area contributed by atoms with Crippen molar-refractivity contribution >= 4 is 16.9 Å². The fraction of sp³-hybridized carbons (Fsp3) is 0.667. The topological polar surface area (TPSA) is 51.4 Å². The van der Waals surface area contributed by atoms with Crippen molar-refractivity contribution in [2.45, 2.75) is 18.9 Å². The average molecular weight is 268 g/mol. The van der Waals surface area contributed by atoms with Crippen molar-refractivity contribution in [3.63, 3.8) is 0 Å². The monoisotopic (exact) mass is 268 g/mol. The minimum atomic E-state index is 0.502. The Labute approximate surface area is 112 Å². The minimum Gasteiger partial charge on any atom is -0.385 e. The quantitative estimate of drug-likeness (QED) is 0.838. The fourth-order valence-electron chi connectivity index (χ4n) is 1.84. The number of thioether (sulfide) groups is 1. The van der Waals surface area contributed by atoms with Gasteiger partial charge in [-0.05, 0) is 6.42 Å². The van der Waals surface area contributed by atoms with E-state index < -0.39 is 0 Å². The summed E-state index contributed by atoms with van der Waals surface area (Å²) < 4.78 is 7.12. The lowest BCUT2D eigenvalue weighted by molar-refractivity contribution is 0.188. The second kappa shape index (κ2) is 6.80. The van der Waals surface area contributed by atoms with Gasteiger partial charge in [-0.25, -0.2) is 4.98 Å². The first-order valence-electron chi connectivity index (χ1n) is 6.18. The molecule has 1 aliphatic rings. The van der Waals surface area contributed by atoms with E-state index in [2.05, 4.69) is 15.3 Å². The molecule has 0 radical (unpaired) electrons. The van der Waals surface area contributed by atoms with E-state index in [1.165, 1.54) is 0 Å². The third kappa shape index (κ3) is 3.74. The number of nitrogens with one attached hydrogen (secondary N) is 1. The van der Waals surface area contributed by atoms with E-state index in [0.717, 1.165) is 42.7 Å². The van der Waals surface area contributed by atoms with Crippen LogP contribution in [0.2, 0.25) is 0 Å². The third-order valence-electron chi connectivity index (χ3n) is 2.93. The number of aliphatic imine (C=N–C) groups is 1. The standard InChI is InChI=1S/C12H20N4OS/c1-16-7-6-13-11(16)3-5-14-12-15-10(9-18-12)4-8-17-2/h6-7,10H,3-5,8-9H2,1-2H3,(H,14,15). The largest absolute Gasteiger partial charge is 0.385 e. The molecule has 0 aromatic carbocycles. The van der Waals surface area contributed by atoms with Crippen molar-refractivity contribution in [2.75, 3.05) is 26.0 Å². The molecule has 0 saturated carbocycles. The van der Waals surface area contributed by atoms with Crippen molar-refractivity contribution < 1.29 is 4.74 Å². The van der Waals surface area contributed by atoms with Crippen LogP contribution in [-0.4, -0.2) is 46.8 Å². The van der Waals surface area contributed by atoms with E-state index in [4.69, 9.17) is 4.74 Å². The number of rotatable bonds is 6. The van der Waals surface area contributed by atoms with Gasteiger partial charge in [0, 0.05) is 57.9 Å². The van der Waals surface area contributed by atoms with Crippen LogP contribution in [0.5, 0.6) is 0 Å². The SMILES string of the molecule is COCCC1CSC(=NCCc2nccn2C)N1. The molecule has 100 valence electrons. The maximum absolute atomic E-state index is 5.08. The Hall–Kier alpha value is -1.01. The molecular weight excluding hydrogens is 248 g/mol. The molecule has 1 aliphatic heterocycles. The van der Waals surface area contributed by atoms with Crippen LogP contribution >= 0.6 is 11.8 Å². The molecule has 18 heavy (non-hydrogen) atoms. The van der Waals surface area contributed by atoms with Crippen LogP contribution in [0, 0.1) is 0 Å². The molecule has 0 bridgehead atoms. The van der Waals surface area contributed by atoms with Gasteiger partial charge in [0.2, 0.25) is 0 Å². The number of methoxy groups -OCH3 is 1. The average Bonchev–Trinajstić information content (AvgIpc) is 2.97. The summed E-state index contributed by atoms with van der Waals surface area (Å²) in [5.74, 6) is 2.17. The Morgan fingerprint density at radius 2 is 2.56 bits per heavy atom. The number of aryl methyl sites for hydroxylation is 1. The number of ether oxygens (including phenoxy) is 1. The summed E-state index contributed by atoms with van der Waals surface area (Å²) in [6.45, 7) is 1.59. The first-order chi connectivity index (χ1) is 8.79. The predicted molar refractivity (Wildman–Crippen MR) is 75.1 cm³/mol. The van der Waals surface area contributed by atoms with Crippen LogP contribution in [0.3, 0.4) is 0 Å². The highest BCUT2D eigenvalue weighted by Crippen LogP contribution is 2.16. The molecule has 1 aromatic heterocycles. The second-order valence-electron chi connectivity index (χ2n) is 4.32. The Balaban J connectivity index is 1.73. The van der Waals surface area contributed by atoms with Gasteiger partial charge in [0.15, 0.2) is 5.17 Å². The first kappa shape index (κ1) is 13.4. The van der Waals surface area contributed by atoms with Crippen molar-refractivity contribution in [1.29, 1.82) is 0 Å². The van der Waals surface area contributed by atoms with Gasteiger partial charge < -0.3 is 14.6 Å². The molecule has 2 rings (SSSR count). The molecule has 0 amide bonds. The number of nitrogens with zero attached hydrogens (tertiary/aromatic N) is 3. The Morgan fingerprint density at radius 1 is 1.67 bits per heavy atom. The van der Waals surface area contributed by atoms with E-state index in [1.54, 1.807) is 18.9 Å². The summed E-state index contributed by atoms with van der Waals surface area (Å²) in [7, 11) is 3.75. The van der Waals surface area contributed by atoms with E-state index >= 15 is 0 Å². The van der Waals surface area contributed by atoms with Crippen molar-refractivity contribution in [3.05, 3.63) is 18.2 Å². The molecule has 1 unspecified atom stereocenters. The zero-order valence-corrected chi connectivity index (χ0v) is 11.7. The highest BCUT2D eigenvalue weighted by atomic mass is 32.2. The Morgan fingerprint density at radius 3 is 3.28 bits per heavy atom. The van der Waals surface area contributed by atoms with Gasteiger partial charge >= 0.3 is 0 Å². The highest BCUT2D eigenvalue weighted by Gasteiger charge is 2.19. The normalized spacial score (nSPS) is 21.4. The lowest BCUT2D eigenvalue weighted by Crippen LogP contribution is -2.28. The highest BCUT2D eigenvalue weighted by molar-refractivity contribution is 8.14. The second-order valence-corrected chi connectivity index (χ2v) is 5.33. The zero-order valence-electron chi connectivity index (χ0n) is 10.9. The molecule has 2 heterocycles. The molecule has 1 atom stereocenters. The number of hydrogen-bond donors (Lipinski definition) is 1. The summed E-state index contributed by atoms with van der Waals surface area (Å²) in [4.78, 5) is 8.86. The first-order valence-corrected chi connectivity index (χ1v) is 7.17. The van der Waals surface area contributed by atoms with Crippen LogP contribution in [0.1, 0.15) is 12.2 Å². The lowest BCUT2D eigenvalue weighted by Gasteiger charge is -2.08. The lowest BCUT2D eigenvalue weighted by atomic mass is 10.2. The third-order valence-corrected chi connectivity index (χ3v) is 4.02. The molecule has 0 spiro atoms. The summed E-state index contributed by atoms with van der Waals surface area (Å²) in [6, 6.07) is 0.502. The maximum atomic E-state index is 5.08. The van der Waals surface area contributed by atoms with Gasteiger partial charge in [0.05, 0.1) is 0 Å². The molecule has 6 heteroatoms. The summed E-state index contributed by atoms with van der Waals surface area (Å²) in [5, 5.41) is 4.49. The predicted octanol–water partition coefficient (Wildman–Crippen LogP) is 1.06. The number of hydrogen-bond acceptors (Lipinski definition) is 4. The van der Waals surface area contributed by atoms with E-state index in [9.17, 15) is 0 Å². The molecule has 5 nitrogen and oxygen atoms in total. The van der Waals surface area contributed by atoms with Crippen molar-refractivity contribution in [2.24, 2.45) is 12.0 Å². The van der Waals surface area contributed by atoms with Crippen LogP contribution in [-0.2, 0) is 18.2 Å². The fourth-order valence-corrected chi connectivity index (χ4v) is 2.88. The van der Waals surface area contributed by atoms with Gasteiger partial charge in [0.25, 0.3) is 0 Å². The number of amidine groups is 1. The van der Waals surface area contributed by atoms with E-state index in [0.29, 0.717) is 6.04 Å². The smallest absolute Gasteiger partial charge is 0.156 e. The number of aromatic nitrogens is 2. The molecule has 1 N–H and O–H groups in total. The molecule has 1 aromatic rings. The Bertz CT molecular complexity index is 405. The van der Waals surface area contributed by atoms with Crippen molar-refractivity contribution in [1.82, 2.24) is 14.9 Å². The van der Waals surface area contributed by atoms with E-state index in [1.807, 2.05) is 24.0 Å². The van der Waals surface area contributed by atoms with Crippen LogP contribution < -0.4 is 5.32 Å². The maximum Gasteiger partial charge on any atom is 0.156 e. The van der Waals surface area contributed by atoms with Gasteiger partial charge in [0.1, 0.15) is 5.82 Å². The van der Waals surface area contributed by atoms with Gasteiger partial charge in [-0.3, -0.25) is 4.99 Å². The summed E-state index contributed by atoms with van der Waals surface area (Å²) in [6.07, 6.45) is 5.72. The van der Waals surface area contributed by atoms with Crippen LogP contribution in [0.4, 0.5) is 0 Å². The number of imidazole rings is 1. The zero-order chi connectivity index (χ0) is 12.8. The summed E-state index contributed by atoms with van der Waals surface area (Å²) in [5.41, 5.74) is 0. The van der Waals surface area contributed by atoms with Gasteiger partial charge in [-0.1, -0.05) is 11.8 Å². The van der Waals surface area contributed by atoms with E-state index in [-0.39, 0.29) is 0 Å². The summed E-state index contributed by atoms with van der Waals surface area (Å²) >= 11 is 1.80. The molecule has 1 saturated heterocycles. The van der Waals surface area contributed by atoms with Crippen molar-refractivity contribution in [3.8, 4) is 0 Å². The van der Waals surface area contributed by atoms with Crippen LogP contribution in [0.25, 0.3) is 0 Å².